The minimum absolute atomic E-state index is 0.164. The van der Waals surface area contributed by atoms with Gasteiger partial charge < -0.3 is 15.1 Å². The van der Waals surface area contributed by atoms with E-state index in [1.54, 1.807) is 30.1 Å². The highest BCUT2D eigenvalue weighted by atomic mass is 35.5. The second kappa shape index (κ2) is 8.49. The Morgan fingerprint density at radius 1 is 1.31 bits per heavy atom. The molecular weight excluding hydrogens is 373 g/mol. The van der Waals surface area contributed by atoms with E-state index in [1.807, 2.05) is 4.90 Å². The van der Waals surface area contributed by atoms with E-state index in [0.717, 1.165) is 24.9 Å². The van der Waals surface area contributed by atoms with Gasteiger partial charge in [0.25, 0.3) is 0 Å². The molecular formula is C19H25Cl2N3O2. The van der Waals surface area contributed by atoms with Crippen LogP contribution in [0.5, 0.6) is 0 Å². The fourth-order valence-corrected chi connectivity index (χ4v) is 4.42. The SMILES string of the molecule is CN(CC1CC(=O)N(C2CCCC2)C1)C(=O)NCc1ccc(Cl)cc1Cl. The molecule has 142 valence electrons. The summed E-state index contributed by atoms with van der Waals surface area (Å²) in [6.45, 7) is 1.69. The topological polar surface area (TPSA) is 52.7 Å². The van der Waals surface area contributed by atoms with E-state index in [-0.39, 0.29) is 17.9 Å². The molecule has 0 spiro atoms. The fourth-order valence-electron chi connectivity index (χ4n) is 3.94. The lowest BCUT2D eigenvalue weighted by atomic mass is 10.1. The van der Waals surface area contributed by atoms with Crippen LogP contribution in [0.1, 0.15) is 37.7 Å². The van der Waals surface area contributed by atoms with E-state index in [4.69, 9.17) is 23.2 Å². The van der Waals surface area contributed by atoms with Crippen LogP contribution in [-0.4, -0.2) is 47.9 Å². The summed E-state index contributed by atoms with van der Waals surface area (Å²) in [6, 6.07) is 5.47. The second-order valence-corrected chi connectivity index (χ2v) is 8.17. The van der Waals surface area contributed by atoms with E-state index >= 15 is 0 Å². The van der Waals surface area contributed by atoms with Crippen LogP contribution in [0, 0.1) is 5.92 Å². The van der Waals surface area contributed by atoms with Crippen LogP contribution in [0.25, 0.3) is 0 Å². The van der Waals surface area contributed by atoms with Gasteiger partial charge in [0.2, 0.25) is 5.91 Å². The number of urea groups is 1. The summed E-state index contributed by atoms with van der Waals surface area (Å²) in [5, 5.41) is 3.98. The first-order chi connectivity index (χ1) is 12.4. The van der Waals surface area contributed by atoms with Gasteiger partial charge in [-0.2, -0.15) is 0 Å². The second-order valence-electron chi connectivity index (χ2n) is 7.33. The zero-order valence-electron chi connectivity index (χ0n) is 15.0. The van der Waals surface area contributed by atoms with Crippen molar-refractivity contribution in [3.05, 3.63) is 33.8 Å². The number of carbonyl (C=O) groups is 2. The van der Waals surface area contributed by atoms with Crippen molar-refractivity contribution in [3.63, 3.8) is 0 Å². The maximum Gasteiger partial charge on any atom is 0.317 e. The molecule has 0 aromatic heterocycles. The monoisotopic (exact) mass is 397 g/mol. The average Bonchev–Trinajstić information content (AvgIpc) is 3.23. The van der Waals surface area contributed by atoms with Crippen LogP contribution in [0.4, 0.5) is 4.79 Å². The number of hydrogen-bond acceptors (Lipinski definition) is 2. The number of likely N-dealkylation sites (tertiary alicyclic amines) is 1. The van der Waals surface area contributed by atoms with Gasteiger partial charge in [0, 0.05) is 55.1 Å². The Bertz CT molecular complexity index is 677. The van der Waals surface area contributed by atoms with Crippen molar-refractivity contribution in [1.82, 2.24) is 15.1 Å². The predicted molar refractivity (Wildman–Crippen MR) is 103 cm³/mol. The highest BCUT2D eigenvalue weighted by Gasteiger charge is 2.36. The first kappa shape index (κ1) is 19.3. The van der Waals surface area contributed by atoms with Gasteiger partial charge in [-0.15, -0.1) is 0 Å². The number of carbonyl (C=O) groups excluding carboxylic acids is 2. The molecule has 1 aliphatic heterocycles. The molecule has 1 aliphatic carbocycles. The number of nitrogens with one attached hydrogen (secondary N) is 1. The molecule has 26 heavy (non-hydrogen) atoms. The molecule has 1 atom stereocenters. The molecule has 1 saturated heterocycles. The normalized spacial score (nSPS) is 20.7. The van der Waals surface area contributed by atoms with E-state index in [2.05, 4.69) is 5.32 Å². The van der Waals surface area contributed by atoms with Crippen molar-refractivity contribution in [2.24, 2.45) is 5.92 Å². The summed E-state index contributed by atoms with van der Waals surface area (Å²) >= 11 is 12.0. The Morgan fingerprint density at radius 3 is 2.73 bits per heavy atom. The van der Waals surface area contributed by atoms with Crippen molar-refractivity contribution < 1.29 is 9.59 Å². The molecule has 1 aromatic rings. The minimum Gasteiger partial charge on any atom is -0.339 e. The van der Waals surface area contributed by atoms with Crippen molar-refractivity contribution in [2.45, 2.75) is 44.7 Å². The molecule has 7 heteroatoms. The van der Waals surface area contributed by atoms with Crippen molar-refractivity contribution in [1.29, 1.82) is 0 Å². The van der Waals surface area contributed by atoms with E-state index in [1.165, 1.54) is 12.8 Å². The largest absolute Gasteiger partial charge is 0.339 e. The van der Waals surface area contributed by atoms with Gasteiger partial charge in [-0.3, -0.25) is 4.79 Å². The standard InChI is InChI=1S/C19H25Cl2N3O2/c1-23(19(26)22-10-14-6-7-15(20)9-17(14)21)11-13-8-18(25)24(12-13)16-4-2-3-5-16/h6-7,9,13,16H,2-5,8,10-12H2,1H3,(H,22,26). The number of nitrogens with zero attached hydrogens (tertiary/aromatic N) is 2. The summed E-state index contributed by atoms with van der Waals surface area (Å²) in [4.78, 5) is 28.3. The molecule has 3 rings (SSSR count). The molecule has 1 N–H and O–H groups in total. The van der Waals surface area contributed by atoms with Gasteiger partial charge in [0.1, 0.15) is 0 Å². The Morgan fingerprint density at radius 2 is 2.04 bits per heavy atom. The lowest BCUT2D eigenvalue weighted by Crippen LogP contribution is -2.40. The summed E-state index contributed by atoms with van der Waals surface area (Å²) < 4.78 is 0. The van der Waals surface area contributed by atoms with Gasteiger partial charge in [-0.05, 0) is 30.5 Å². The lowest BCUT2D eigenvalue weighted by Gasteiger charge is -2.25. The Labute approximate surface area is 164 Å². The van der Waals surface area contributed by atoms with E-state index < -0.39 is 0 Å². The van der Waals surface area contributed by atoms with Gasteiger partial charge in [-0.25, -0.2) is 4.79 Å². The summed E-state index contributed by atoms with van der Waals surface area (Å²) in [5.41, 5.74) is 0.821. The highest BCUT2D eigenvalue weighted by Crippen LogP contribution is 2.29. The Balaban J connectivity index is 1.47. The van der Waals surface area contributed by atoms with E-state index in [9.17, 15) is 9.59 Å². The maximum absolute atomic E-state index is 12.3. The first-order valence-corrected chi connectivity index (χ1v) is 9.92. The predicted octanol–water partition coefficient (Wildman–Crippen LogP) is 3.93. The molecule has 2 fully saturated rings. The van der Waals surface area contributed by atoms with Crippen LogP contribution in [0.3, 0.4) is 0 Å². The molecule has 5 nitrogen and oxygen atoms in total. The third-order valence-electron chi connectivity index (χ3n) is 5.33. The third kappa shape index (κ3) is 4.63. The lowest BCUT2D eigenvalue weighted by molar-refractivity contribution is -0.129. The van der Waals surface area contributed by atoms with Crippen molar-refractivity contribution >= 4 is 35.1 Å². The Kier molecular flexibility index (Phi) is 6.30. The molecule has 1 saturated carbocycles. The number of hydrogen-bond donors (Lipinski definition) is 1. The zero-order valence-corrected chi connectivity index (χ0v) is 16.5. The number of halogens is 2. The van der Waals surface area contributed by atoms with E-state index in [0.29, 0.717) is 35.6 Å². The highest BCUT2D eigenvalue weighted by molar-refractivity contribution is 6.35. The van der Waals surface area contributed by atoms with Crippen LogP contribution < -0.4 is 5.32 Å². The first-order valence-electron chi connectivity index (χ1n) is 9.16. The van der Waals surface area contributed by atoms with Crippen LogP contribution in [0.2, 0.25) is 10.0 Å². The van der Waals surface area contributed by atoms with Crippen LogP contribution >= 0.6 is 23.2 Å². The quantitative estimate of drug-likeness (QED) is 0.817. The van der Waals surface area contributed by atoms with Gasteiger partial charge in [0.15, 0.2) is 0 Å². The minimum atomic E-state index is -0.164. The van der Waals surface area contributed by atoms with Gasteiger partial charge >= 0.3 is 6.03 Å². The third-order valence-corrected chi connectivity index (χ3v) is 5.91. The molecule has 2 aliphatic rings. The number of benzene rings is 1. The van der Waals surface area contributed by atoms with Crippen molar-refractivity contribution in [2.75, 3.05) is 20.1 Å². The summed E-state index contributed by atoms with van der Waals surface area (Å²) in [5.74, 6) is 0.446. The fraction of sp³-hybridized carbons (Fsp3) is 0.579. The molecule has 1 heterocycles. The van der Waals surface area contributed by atoms with Crippen LogP contribution in [0.15, 0.2) is 18.2 Å². The molecule has 3 amide bonds. The van der Waals surface area contributed by atoms with Gasteiger partial charge in [-0.1, -0.05) is 42.1 Å². The van der Waals surface area contributed by atoms with Crippen molar-refractivity contribution in [3.8, 4) is 0 Å². The molecule has 1 unspecified atom stereocenters. The smallest absolute Gasteiger partial charge is 0.317 e. The van der Waals surface area contributed by atoms with Crippen LogP contribution in [-0.2, 0) is 11.3 Å². The number of amides is 3. The molecule has 1 aromatic carbocycles. The molecule has 0 bridgehead atoms. The summed E-state index contributed by atoms with van der Waals surface area (Å²) in [7, 11) is 1.77. The Hall–Kier alpha value is -1.46. The number of rotatable bonds is 5. The summed E-state index contributed by atoms with van der Waals surface area (Å²) in [6.07, 6.45) is 5.22. The maximum atomic E-state index is 12.3. The average molecular weight is 398 g/mol. The zero-order chi connectivity index (χ0) is 18.7. The molecule has 0 radical (unpaired) electrons. The van der Waals surface area contributed by atoms with Gasteiger partial charge in [0.05, 0.1) is 0 Å².